The summed E-state index contributed by atoms with van der Waals surface area (Å²) in [6, 6.07) is 13.4. The minimum atomic E-state index is -3.80. The summed E-state index contributed by atoms with van der Waals surface area (Å²) in [6.45, 7) is -0.619. The fourth-order valence-corrected chi connectivity index (χ4v) is 2.99. The number of carbonyl (C=O) groups excluding carboxylic acids is 1. The second-order valence-electron chi connectivity index (χ2n) is 5.56. The van der Waals surface area contributed by atoms with Crippen LogP contribution in [-0.4, -0.2) is 39.9 Å². The van der Waals surface area contributed by atoms with Crippen LogP contribution in [-0.2, 0) is 14.8 Å². The molecule has 1 amide bonds. The van der Waals surface area contributed by atoms with Gasteiger partial charge in [0.05, 0.1) is 18.2 Å². The number of ether oxygens (including phenoxy) is 1. The van der Waals surface area contributed by atoms with Gasteiger partial charge in [0.15, 0.2) is 6.61 Å². The molecular weight excluding hydrogens is 387 g/mol. The Balaban J connectivity index is 1.99. The molecule has 2 aromatic rings. The summed E-state index contributed by atoms with van der Waals surface area (Å²) in [6.07, 6.45) is 2.28. The third-order valence-electron chi connectivity index (χ3n) is 3.37. The smallest absolute Gasteiger partial charge is 0.260 e. The molecule has 2 aromatic carbocycles. The van der Waals surface area contributed by atoms with E-state index in [1.54, 1.807) is 24.3 Å². The molecule has 2 rings (SSSR count). The van der Waals surface area contributed by atoms with Gasteiger partial charge in [-0.25, -0.2) is 18.2 Å². The number of sulfonamides is 1. The summed E-state index contributed by atoms with van der Waals surface area (Å²) < 4.78 is 43.1. The number of amides is 1. The van der Waals surface area contributed by atoms with Crippen LogP contribution in [0.25, 0.3) is 0 Å². The number of halogens is 1. The lowest BCUT2D eigenvalue weighted by Gasteiger charge is -2.21. The van der Waals surface area contributed by atoms with Crippen molar-refractivity contribution in [1.82, 2.24) is 5.43 Å². The van der Waals surface area contributed by atoms with Gasteiger partial charge in [-0.1, -0.05) is 6.07 Å². The molecule has 0 spiro atoms. The highest BCUT2D eigenvalue weighted by molar-refractivity contribution is 7.92. The van der Waals surface area contributed by atoms with Crippen LogP contribution in [0, 0.1) is 17.1 Å². The monoisotopic (exact) mass is 404 g/mol. The summed E-state index contributed by atoms with van der Waals surface area (Å²) in [4.78, 5) is 12.0. The van der Waals surface area contributed by atoms with Crippen LogP contribution in [0.3, 0.4) is 0 Å². The lowest BCUT2D eigenvalue weighted by atomic mass is 10.2. The first-order valence-electron chi connectivity index (χ1n) is 7.94. The Morgan fingerprint density at radius 2 is 2.04 bits per heavy atom. The van der Waals surface area contributed by atoms with Crippen LogP contribution in [0.15, 0.2) is 53.6 Å². The molecule has 28 heavy (non-hydrogen) atoms. The van der Waals surface area contributed by atoms with Crippen LogP contribution >= 0.6 is 0 Å². The minimum absolute atomic E-state index is 0.0367. The van der Waals surface area contributed by atoms with Crippen LogP contribution in [0.4, 0.5) is 10.1 Å². The van der Waals surface area contributed by atoms with Crippen molar-refractivity contribution in [3.05, 3.63) is 59.9 Å². The van der Waals surface area contributed by atoms with E-state index in [-0.39, 0.29) is 12.3 Å². The normalized spacial score (nSPS) is 11.0. The molecule has 0 aliphatic rings. The predicted molar refractivity (Wildman–Crippen MR) is 102 cm³/mol. The van der Waals surface area contributed by atoms with Crippen molar-refractivity contribution in [3.63, 3.8) is 0 Å². The SMILES string of the molecule is CS(=O)(=O)N(CC(=O)N/N=C\c1ccc(OCC#N)cc1)c1cccc(F)c1. The van der Waals surface area contributed by atoms with E-state index in [1.807, 2.05) is 6.07 Å². The number of carbonyl (C=O) groups is 1. The quantitative estimate of drug-likeness (QED) is 0.531. The van der Waals surface area contributed by atoms with Crippen LogP contribution < -0.4 is 14.5 Å². The Bertz CT molecular complexity index is 1000. The molecule has 10 heteroatoms. The predicted octanol–water partition coefficient (Wildman–Crippen LogP) is 1.64. The van der Waals surface area contributed by atoms with E-state index in [0.717, 1.165) is 16.6 Å². The number of nitriles is 1. The van der Waals surface area contributed by atoms with Crippen molar-refractivity contribution in [2.45, 2.75) is 0 Å². The average Bonchev–Trinajstić information content (AvgIpc) is 2.64. The van der Waals surface area contributed by atoms with Crippen molar-refractivity contribution in [3.8, 4) is 11.8 Å². The Hall–Kier alpha value is -3.45. The molecule has 0 bridgehead atoms. The molecule has 8 nitrogen and oxygen atoms in total. The maximum Gasteiger partial charge on any atom is 0.260 e. The van der Waals surface area contributed by atoms with Crippen molar-refractivity contribution < 1.29 is 22.3 Å². The zero-order valence-electron chi connectivity index (χ0n) is 14.9. The first kappa shape index (κ1) is 20.9. The number of nitrogens with one attached hydrogen (secondary N) is 1. The molecule has 0 saturated carbocycles. The summed E-state index contributed by atoms with van der Waals surface area (Å²) in [5, 5.41) is 12.2. The van der Waals surface area contributed by atoms with Crippen LogP contribution in [0.5, 0.6) is 5.75 Å². The topological polar surface area (TPSA) is 112 Å². The second-order valence-corrected chi connectivity index (χ2v) is 7.47. The van der Waals surface area contributed by atoms with E-state index in [9.17, 15) is 17.6 Å². The Morgan fingerprint density at radius 3 is 2.64 bits per heavy atom. The third-order valence-corrected chi connectivity index (χ3v) is 4.51. The molecule has 146 valence electrons. The van der Waals surface area contributed by atoms with Crippen LogP contribution in [0.1, 0.15) is 5.56 Å². The minimum Gasteiger partial charge on any atom is -0.479 e. The molecule has 0 fully saturated rings. The van der Waals surface area contributed by atoms with Gasteiger partial charge in [-0.2, -0.15) is 10.4 Å². The number of hydrogen-bond acceptors (Lipinski definition) is 6. The highest BCUT2D eigenvalue weighted by Gasteiger charge is 2.21. The molecule has 0 heterocycles. The maximum atomic E-state index is 13.4. The highest BCUT2D eigenvalue weighted by Crippen LogP contribution is 2.18. The van der Waals surface area contributed by atoms with Gasteiger partial charge in [0.1, 0.15) is 24.2 Å². The fourth-order valence-electron chi connectivity index (χ4n) is 2.14. The number of anilines is 1. The second kappa shape index (κ2) is 9.48. The molecular formula is C18H17FN4O4S. The largest absolute Gasteiger partial charge is 0.479 e. The molecule has 0 aliphatic carbocycles. The molecule has 0 radical (unpaired) electrons. The van der Waals surface area contributed by atoms with E-state index in [2.05, 4.69) is 10.5 Å². The molecule has 1 N–H and O–H groups in total. The summed E-state index contributed by atoms with van der Waals surface area (Å²) in [5.74, 6) is -0.798. The number of rotatable bonds is 8. The van der Waals surface area contributed by atoms with Gasteiger partial charge in [-0.05, 0) is 48.0 Å². The van der Waals surface area contributed by atoms with E-state index in [1.165, 1.54) is 24.4 Å². The summed E-state index contributed by atoms with van der Waals surface area (Å²) in [7, 11) is -3.80. The third kappa shape index (κ3) is 6.37. The Labute approximate surface area is 161 Å². The first-order valence-corrected chi connectivity index (χ1v) is 9.79. The van der Waals surface area contributed by atoms with Gasteiger partial charge in [0.2, 0.25) is 10.0 Å². The molecule has 0 aliphatic heterocycles. The van der Waals surface area contributed by atoms with E-state index >= 15 is 0 Å². The summed E-state index contributed by atoms with van der Waals surface area (Å²) >= 11 is 0. The zero-order chi connectivity index (χ0) is 20.6. The maximum absolute atomic E-state index is 13.4. The fraction of sp³-hybridized carbons (Fsp3) is 0.167. The van der Waals surface area contributed by atoms with Gasteiger partial charge >= 0.3 is 0 Å². The number of nitrogens with zero attached hydrogens (tertiary/aromatic N) is 3. The van der Waals surface area contributed by atoms with Crippen molar-refractivity contribution in [2.75, 3.05) is 23.7 Å². The Morgan fingerprint density at radius 1 is 1.32 bits per heavy atom. The van der Waals surface area contributed by atoms with E-state index < -0.39 is 28.3 Å². The van der Waals surface area contributed by atoms with Crippen LogP contribution in [0.2, 0.25) is 0 Å². The van der Waals surface area contributed by atoms with Crippen molar-refractivity contribution in [1.29, 1.82) is 5.26 Å². The average molecular weight is 404 g/mol. The molecule has 0 aromatic heterocycles. The van der Waals surface area contributed by atoms with E-state index in [0.29, 0.717) is 11.3 Å². The molecule has 0 unspecified atom stereocenters. The molecule has 0 atom stereocenters. The standard InChI is InChI=1S/C18H17FN4O4S/c1-28(25,26)23(16-4-2-3-15(19)11-16)13-18(24)22-21-12-14-5-7-17(8-6-14)27-10-9-20/h2-8,11-12H,10,13H2,1H3,(H,22,24)/b21-12-. The zero-order valence-corrected chi connectivity index (χ0v) is 15.7. The number of hydrogen-bond donors (Lipinski definition) is 1. The van der Waals surface area contributed by atoms with Gasteiger partial charge in [0.25, 0.3) is 5.91 Å². The van der Waals surface area contributed by atoms with Gasteiger partial charge in [-0.15, -0.1) is 0 Å². The van der Waals surface area contributed by atoms with Gasteiger partial charge in [0, 0.05) is 0 Å². The first-order chi connectivity index (χ1) is 13.3. The number of hydrazone groups is 1. The summed E-state index contributed by atoms with van der Waals surface area (Å²) in [5.41, 5.74) is 2.91. The van der Waals surface area contributed by atoms with Gasteiger partial charge in [-0.3, -0.25) is 9.10 Å². The van der Waals surface area contributed by atoms with Gasteiger partial charge < -0.3 is 4.74 Å². The lowest BCUT2D eigenvalue weighted by Crippen LogP contribution is -2.39. The Kier molecular flexibility index (Phi) is 7.06. The van der Waals surface area contributed by atoms with Crippen molar-refractivity contribution in [2.24, 2.45) is 5.10 Å². The lowest BCUT2D eigenvalue weighted by molar-refractivity contribution is -0.119. The molecule has 0 saturated heterocycles. The highest BCUT2D eigenvalue weighted by atomic mass is 32.2. The van der Waals surface area contributed by atoms with Crippen molar-refractivity contribution >= 4 is 27.8 Å². The van der Waals surface area contributed by atoms with E-state index in [4.69, 9.17) is 10.00 Å². The number of benzene rings is 2.